The van der Waals surface area contributed by atoms with E-state index in [4.69, 9.17) is 10.5 Å². The van der Waals surface area contributed by atoms with Gasteiger partial charge in [-0.3, -0.25) is 4.90 Å². The minimum atomic E-state index is 0.271. The molecule has 3 nitrogen and oxygen atoms in total. The van der Waals surface area contributed by atoms with Gasteiger partial charge in [-0.05, 0) is 33.7 Å². The molecular weight excluding hydrogens is 176 g/mol. The minimum absolute atomic E-state index is 0.271. The van der Waals surface area contributed by atoms with Crippen molar-refractivity contribution in [2.45, 2.75) is 57.8 Å². The van der Waals surface area contributed by atoms with Gasteiger partial charge >= 0.3 is 0 Å². The summed E-state index contributed by atoms with van der Waals surface area (Å²) >= 11 is 0. The predicted molar refractivity (Wildman–Crippen MR) is 59.3 cm³/mol. The molecule has 1 aliphatic rings. The summed E-state index contributed by atoms with van der Waals surface area (Å²) in [5.41, 5.74) is 6.05. The molecule has 1 rings (SSSR count). The molecule has 1 heterocycles. The number of ether oxygens (including phenoxy) is 1. The quantitative estimate of drug-likeness (QED) is 0.741. The molecule has 14 heavy (non-hydrogen) atoms. The molecule has 0 radical (unpaired) electrons. The van der Waals surface area contributed by atoms with Crippen molar-refractivity contribution in [2.75, 3.05) is 13.7 Å². The monoisotopic (exact) mass is 200 g/mol. The van der Waals surface area contributed by atoms with Gasteiger partial charge in [0.1, 0.15) is 0 Å². The second-order valence-electron chi connectivity index (χ2n) is 4.41. The Bertz CT molecular complexity index is 175. The van der Waals surface area contributed by atoms with Crippen LogP contribution in [0.1, 0.15) is 33.6 Å². The highest BCUT2D eigenvalue weighted by Gasteiger charge is 2.31. The third kappa shape index (κ3) is 2.47. The lowest BCUT2D eigenvalue weighted by Crippen LogP contribution is -2.50. The van der Waals surface area contributed by atoms with Gasteiger partial charge in [0, 0.05) is 24.7 Å². The maximum Gasteiger partial charge on any atom is 0.0703 e. The number of hydrogen-bond donors (Lipinski definition) is 1. The fourth-order valence-electron chi connectivity index (χ4n) is 2.20. The topological polar surface area (TPSA) is 38.5 Å². The molecule has 3 heteroatoms. The van der Waals surface area contributed by atoms with E-state index < -0.39 is 0 Å². The first-order chi connectivity index (χ1) is 6.57. The van der Waals surface area contributed by atoms with Crippen LogP contribution in [-0.4, -0.2) is 42.8 Å². The first-order valence-electron chi connectivity index (χ1n) is 5.67. The van der Waals surface area contributed by atoms with Gasteiger partial charge in [0.05, 0.1) is 6.10 Å². The van der Waals surface area contributed by atoms with E-state index in [9.17, 15) is 0 Å². The zero-order valence-electron chi connectivity index (χ0n) is 9.86. The lowest BCUT2D eigenvalue weighted by atomic mass is 10.0. The van der Waals surface area contributed by atoms with E-state index in [2.05, 4.69) is 32.7 Å². The van der Waals surface area contributed by atoms with Crippen LogP contribution in [0.4, 0.5) is 0 Å². The Balaban J connectivity index is 2.50. The number of hydrogen-bond acceptors (Lipinski definition) is 3. The molecule has 0 aromatic rings. The van der Waals surface area contributed by atoms with Gasteiger partial charge in [0.2, 0.25) is 0 Å². The molecular formula is C11H24N2O. The first kappa shape index (κ1) is 12.0. The Hall–Kier alpha value is -0.120. The molecule has 84 valence electrons. The normalized spacial score (nSPS) is 32.1. The molecule has 0 amide bonds. The van der Waals surface area contributed by atoms with Gasteiger partial charge < -0.3 is 10.5 Å². The molecule has 1 fully saturated rings. The Morgan fingerprint density at radius 3 is 2.64 bits per heavy atom. The highest BCUT2D eigenvalue weighted by molar-refractivity contribution is 4.86. The average molecular weight is 200 g/mol. The average Bonchev–Trinajstić information content (AvgIpc) is 2.61. The summed E-state index contributed by atoms with van der Waals surface area (Å²) in [6.45, 7) is 7.39. The molecule has 2 N–H and O–H groups in total. The number of nitrogens with zero attached hydrogens (tertiary/aromatic N) is 1. The molecule has 1 saturated heterocycles. The van der Waals surface area contributed by atoms with E-state index >= 15 is 0 Å². The second kappa shape index (κ2) is 5.10. The van der Waals surface area contributed by atoms with E-state index in [0.29, 0.717) is 18.2 Å². The Morgan fingerprint density at radius 2 is 2.21 bits per heavy atom. The summed E-state index contributed by atoms with van der Waals surface area (Å²) in [6, 6.07) is 1.25. The van der Waals surface area contributed by atoms with Crippen LogP contribution in [0.3, 0.4) is 0 Å². The molecule has 0 bridgehead atoms. The van der Waals surface area contributed by atoms with E-state index in [0.717, 1.165) is 19.4 Å². The van der Waals surface area contributed by atoms with Crippen LogP contribution < -0.4 is 5.73 Å². The summed E-state index contributed by atoms with van der Waals surface area (Å²) in [7, 11) is 2.16. The molecule has 4 unspecified atom stereocenters. The van der Waals surface area contributed by atoms with Crippen LogP contribution in [0, 0.1) is 0 Å². The van der Waals surface area contributed by atoms with Crippen LogP contribution >= 0.6 is 0 Å². The van der Waals surface area contributed by atoms with Crippen molar-refractivity contribution in [3.05, 3.63) is 0 Å². The summed E-state index contributed by atoms with van der Waals surface area (Å²) < 4.78 is 5.57. The maximum absolute atomic E-state index is 6.05. The Labute approximate surface area is 87.6 Å². The smallest absolute Gasteiger partial charge is 0.0703 e. The largest absolute Gasteiger partial charge is 0.377 e. The first-order valence-corrected chi connectivity index (χ1v) is 5.67. The molecule has 0 saturated carbocycles. The highest BCUT2D eigenvalue weighted by Crippen LogP contribution is 2.21. The highest BCUT2D eigenvalue weighted by atomic mass is 16.5. The van der Waals surface area contributed by atoms with Gasteiger partial charge in [0.25, 0.3) is 0 Å². The van der Waals surface area contributed by atoms with Crippen LogP contribution in [0.15, 0.2) is 0 Å². The van der Waals surface area contributed by atoms with Crippen LogP contribution in [0.25, 0.3) is 0 Å². The zero-order chi connectivity index (χ0) is 10.7. The lowest BCUT2D eigenvalue weighted by molar-refractivity contribution is 0.0652. The number of nitrogens with two attached hydrogens (primary N) is 1. The fourth-order valence-corrected chi connectivity index (χ4v) is 2.20. The Kier molecular flexibility index (Phi) is 4.35. The van der Waals surface area contributed by atoms with Crippen LogP contribution in [0.5, 0.6) is 0 Å². The van der Waals surface area contributed by atoms with Crippen molar-refractivity contribution in [2.24, 2.45) is 5.73 Å². The van der Waals surface area contributed by atoms with Gasteiger partial charge in [0.15, 0.2) is 0 Å². The second-order valence-corrected chi connectivity index (χ2v) is 4.41. The number of rotatable bonds is 4. The zero-order valence-corrected chi connectivity index (χ0v) is 9.86. The Morgan fingerprint density at radius 1 is 1.57 bits per heavy atom. The number of likely N-dealkylation sites (N-methyl/N-ethyl adjacent to an activating group) is 1. The van der Waals surface area contributed by atoms with Gasteiger partial charge in [-0.15, -0.1) is 0 Å². The molecule has 0 aromatic carbocycles. The summed E-state index contributed by atoms with van der Waals surface area (Å²) in [5.74, 6) is 0. The predicted octanol–water partition coefficient (Wildman–Crippen LogP) is 1.22. The minimum Gasteiger partial charge on any atom is -0.377 e. The standard InChI is InChI=1S/C11H24N2O/c1-5-10(12)8(2)13(4)11-6-7-14-9(11)3/h8-11H,5-7,12H2,1-4H3. The van der Waals surface area contributed by atoms with Crippen molar-refractivity contribution >= 4 is 0 Å². The fraction of sp³-hybridized carbons (Fsp3) is 1.00. The summed E-state index contributed by atoms with van der Waals surface area (Å²) in [4.78, 5) is 2.38. The van der Waals surface area contributed by atoms with Gasteiger partial charge in [-0.25, -0.2) is 0 Å². The van der Waals surface area contributed by atoms with Crippen LogP contribution in [-0.2, 0) is 4.74 Å². The lowest BCUT2D eigenvalue weighted by Gasteiger charge is -2.35. The third-order valence-corrected chi connectivity index (χ3v) is 3.59. The molecule has 4 atom stereocenters. The van der Waals surface area contributed by atoms with Crippen molar-refractivity contribution < 1.29 is 4.74 Å². The van der Waals surface area contributed by atoms with Crippen molar-refractivity contribution in [1.29, 1.82) is 0 Å². The van der Waals surface area contributed by atoms with E-state index in [1.807, 2.05) is 0 Å². The molecule has 0 aromatic heterocycles. The SMILES string of the molecule is CCC(N)C(C)N(C)C1CCOC1C. The van der Waals surface area contributed by atoms with Crippen LogP contribution in [0.2, 0.25) is 0 Å². The molecule has 0 aliphatic carbocycles. The van der Waals surface area contributed by atoms with Gasteiger partial charge in [-0.1, -0.05) is 6.92 Å². The van der Waals surface area contributed by atoms with E-state index in [1.54, 1.807) is 0 Å². The van der Waals surface area contributed by atoms with Crippen molar-refractivity contribution in [3.63, 3.8) is 0 Å². The maximum atomic E-state index is 6.05. The van der Waals surface area contributed by atoms with Crippen molar-refractivity contribution in [1.82, 2.24) is 4.90 Å². The van der Waals surface area contributed by atoms with E-state index in [1.165, 1.54) is 0 Å². The van der Waals surface area contributed by atoms with E-state index in [-0.39, 0.29) is 6.04 Å². The third-order valence-electron chi connectivity index (χ3n) is 3.59. The van der Waals surface area contributed by atoms with Gasteiger partial charge in [-0.2, -0.15) is 0 Å². The summed E-state index contributed by atoms with van der Waals surface area (Å²) in [6.07, 6.45) is 2.53. The molecule has 1 aliphatic heterocycles. The van der Waals surface area contributed by atoms with Crippen molar-refractivity contribution in [3.8, 4) is 0 Å². The molecule has 0 spiro atoms. The summed E-state index contributed by atoms with van der Waals surface area (Å²) in [5, 5.41) is 0.